The van der Waals surface area contributed by atoms with Crippen LogP contribution in [0.15, 0.2) is 194 Å². The van der Waals surface area contributed by atoms with Crippen LogP contribution in [0, 0.1) is 0 Å². The normalized spacial score (nSPS) is 13.3. The van der Waals surface area contributed by atoms with Gasteiger partial charge in [-0.3, -0.25) is 0 Å². The average molecular weight is 645 g/mol. The predicted molar refractivity (Wildman–Crippen MR) is 214 cm³/mol. The van der Waals surface area contributed by atoms with E-state index in [4.69, 9.17) is 0 Å². The van der Waals surface area contributed by atoms with E-state index < -0.39 is 0 Å². The van der Waals surface area contributed by atoms with Gasteiger partial charge in [0, 0.05) is 0 Å². The third kappa shape index (κ3) is 3.85. The molecule has 0 bridgehead atoms. The van der Waals surface area contributed by atoms with Crippen molar-refractivity contribution in [3.05, 3.63) is 216 Å². The molecule has 0 fully saturated rings. The molecule has 0 N–H and O–H groups in total. The van der Waals surface area contributed by atoms with Crippen LogP contribution in [0.4, 0.5) is 0 Å². The second kappa shape index (κ2) is 10.7. The van der Waals surface area contributed by atoms with Crippen LogP contribution in [0.3, 0.4) is 0 Å². The smallest absolute Gasteiger partial charge is 0.0622 e. The molecular weight excluding hydrogens is 613 g/mol. The number of fused-ring (bicyclic) bond motifs is 12. The lowest BCUT2D eigenvalue weighted by molar-refractivity contribution is 0.794. The number of hydrogen-bond donors (Lipinski definition) is 0. The van der Waals surface area contributed by atoms with Crippen LogP contribution in [0.2, 0.25) is 0 Å². The van der Waals surface area contributed by atoms with Gasteiger partial charge in [0.1, 0.15) is 0 Å². The zero-order chi connectivity index (χ0) is 33.5. The van der Waals surface area contributed by atoms with Crippen LogP contribution in [-0.2, 0) is 5.41 Å². The molecule has 2 aliphatic carbocycles. The second-order valence-corrected chi connectivity index (χ2v) is 13.9. The largest absolute Gasteiger partial charge is 0.0725 e. The number of benzene rings is 9. The van der Waals surface area contributed by atoms with E-state index in [1.165, 1.54) is 99.4 Å². The summed E-state index contributed by atoms with van der Waals surface area (Å²) in [5.74, 6) is 0. The fraction of sp³-hybridized carbons (Fsp3) is 0.0196. The molecule has 0 amide bonds. The fourth-order valence-corrected chi connectivity index (χ4v) is 9.46. The zero-order valence-corrected chi connectivity index (χ0v) is 28.0. The Hall–Kier alpha value is -6.50. The van der Waals surface area contributed by atoms with Crippen molar-refractivity contribution in [2.24, 2.45) is 0 Å². The molecule has 11 rings (SSSR count). The second-order valence-electron chi connectivity index (χ2n) is 13.9. The van der Waals surface area contributed by atoms with Gasteiger partial charge in [0.15, 0.2) is 0 Å². The topological polar surface area (TPSA) is 0 Å². The summed E-state index contributed by atoms with van der Waals surface area (Å²) in [6.07, 6.45) is 0. The highest BCUT2D eigenvalue weighted by Gasteiger charge is 2.51. The first-order chi connectivity index (χ1) is 25.3. The molecule has 0 saturated carbocycles. The Kier molecular flexibility index (Phi) is 5.97. The first kappa shape index (κ1) is 28.3. The first-order valence-electron chi connectivity index (χ1n) is 17.9. The molecule has 0 aromatic heterocycles. The molecule has 0 saturated heterocycles. The highest BCUT2D eigenvalue weighted by molar-refractivity contribution is 6.22. The van der Waals surface area contributed by atoms with Crippen molar-refractivity contribution in [1.29, 1.82) is 0 Å². The van der Waals surface area contributed by atoms with Crippen molar-refractivity contribution in [2.75, 3.05) is 0 Å². The summed E-state index contributed by atoms with van der Waals surface area (Å²) in [6, 6.07) is 72.2. The highest BCUT2D eigenvalue weighted by atomic mass is 14.5. The third-order valence-corrected chi connectivity index (χ3v) is 11.5. The Morgan fingerprint density at radius 3 is 1.18 bits per heavy atom. The average Bonchev–Trinajstić information content (AvgIpc) is 3.67. The Labute approximate surface area is 297 Å². The molecule has 0 heteroatoms. The summed E-state index contributed by atoms with van der Waals surface area (Å²) in [4.78, 5) is 0. The maximum Gasteiger partial charge on any atom is 0.0725 e. The summed E-state index contributed by atoms with van der Waals surface area (Å²) >= 11 is 0. The predicted octanol–water partition coefficient (Wildman–Crippen LogP) is 13.3. The summed E-state index contributed by atoms with van der Waals surface area (Å²) in [6.45, 7) is 0. The summed E-state index contributed by atoms with van der Waals surface area (Å²) in [5, 5.41) is 5.09. The van der Waals surface area contributed by atoms with Gasteiger partial charge in [-0.1, -0.05) is 182 Å². The van der Waals surface area contributed by atoms with Gasteiger partial charge >= 0.3 is 0 Å². The van der Waals surface area contributed by atoms with E-state index in [2.05, 4.69) is 194 Å². The summed E-state index contributed by atoms with van der Waals surface area (Å²) < 4.78 is 0. The Balaban J connectivity index is 1.21. The zero-order valence-electron chi connectivity index (χ0n) is 28.0. The molecule has 0 aliphatic heterocycles. The lowest BCUT2D eigenvalue weighted by Gasteiger charge is -2.30. The molecule has 0 heterocycles. The minimum Gasteiger partial charge on any atom is -0.0622 e. The maximum absolute atomic E-state index is 2.50. The number of rotatable bonds is 3. The molecule has 2 aliphatic rings. The van der Waals surface area contributed by atoms with Crippen LogP contribution in [-0.4, -0.2) is 0 Å². The van der Waals surface area contributed by atoms with Crippen molar-refractivity contribution in [3.63, 3.8) is 0 Å². The molecule has 1 spiro atoms. The van der Waals surface area contributed by atoms with Crippen LogP contribution in [0.5, 0.6) is 0 Å². The molecule has 0 radical (unpaired) electrons. The van der Waals surface area contributed by atoms with Gasteiger partial charge in [-0.2, -0.15) is 0 Å². The summed E-state index contributed by atoms with van der Waals surface area (Å²) in [5.41, 5.74) is 17.9. The van der Waals surface area contributed by atoms with Crippen LogP contribution in [0.1, 0.15) is 22.3 Å². The molecule has 0 unspecified atom stereocenters. The van der Waals surface area contributed by atoms with Gasteiger partial charge in [0.25, 0.3) is 0 Å². The standard InChI is InChI=1S/C51H32/c1-3-15-33(16-4-1)49-41-22-7-8-23-42(41)50(34-17-5-2-6-18-34)44-31-35(28-30-43(44)49)36-27-29-40-39-21-11-14-26-47(39)51(48(40)32-36)45-24-12-9-19-37(45)38-20-10-13-25-46(38)51/h1-32H. The molecule has 9 aromatic rings. The van der Waals surface area contributed by atoms with Crippen LogP contribution in [0.25, 0.3) is 77.2 Å². The third-order valence-electron chi connectivity index (χ3n) is 11.5. The van der Waals surface area contributed by atoms with Crippen molar-refractivity contribution in [2.45, 2.75) is 5.41 Å². The lowest BCUT2D eigenvalue weighted by Crippen LogP contribution is -2.25. The minimum absolute atomic E-state index is 0.363. The summed E-state index contributed by atoms with van der Waals surface area (Å²) in [7, 11) is 0. The number of hydrogen-bond acceptors (Lipinski definition) is 0. The van der Waals surface area contributed by atoms with E-state index in [-0.39, 0.29) is 5.41 Å². The Bertz CT molecular complexity index is 2780. The molecule has 0 nitrogen and oxygen atoms in total. The molecule has 236 valence electrons. The van der Waals surface area contributed by atoms with Crippen molar-refractivity contribution < 1.29 is 0 Å². The van der Waals surface area contributed by atoms with E-state index in [9.17, 15) is 0 Å². The van der Waals surface area contributed by atoms with E-state index in [1.54, 1.807) is 0 Å². The molecule has 9 aromatic carbocycles. The monoisotopic (exact) mass is 644 g/mol. The highest BCUT2D eigenvalue weighted by Crippen LogP contribution is 2.63. The molecule has 0 atom stereocenters. The van der Waals surface area contributed by atoms with Gasteiger partial charge in [0.2, 0.25) is 0 Å². The Morgan fingerprint density at radius 1 is 0.235 bits per heavy atom. The first-order valence-corrected chi connectivity index (χ1v) is 17.9. The Morgan fingerprint density at radius 2 is 0.627 bits per heavy atom. The van der Waals surface area contributed by atoms with Gasteiger partial charge in [-0.25, -0.2) is 0 Å². The maximum atomic E-state index is 2.50. The van der Waals surface area contributed by atoms with E-state index in [0.717, 1.165) is 0 Å². The van der Waals surface area contributed by atoms with E-state index >= 15 is 0 Å². The van der Waals surface area contributed by atoms with E-state index in [0.29, 0.717) is 0 Å². The van der Waals surface area contributed by atoms with Gasteiger partial charge < -0.3 is 0 Å². The van der Waals surface area contributed by atoms with Gasteiger partial charge in [-0.15, -0.1) is 0 Å². The lowest BCUT2D eigenvalue weighted by atomic mass is 9.70. The molecule has 51 heavy (non-hydrogen) atoms. The van der Waals surface area contributed by atoms with Crippen molar-refractivity contribution in [1.82, 2.24) is 0 Å². The van der Waals surface area contributed by atoms with Crippen LogP contribution < -0.4 is 0 Å². The van der Waals surface area contributed by atoms with Crippen LogP contribution >= 0.6 is 0 Å². The van der Waals surface area contributed by atoms with E-state index in [1.807, 2.05) is 0 Å². The SMILES string of the molecule is c1ccc(-c2c3ccccc3c(-c3ccccc3)c3cc(-c4ccc5c(c4)C4(c6ccccc6-c6ccccc64)c4ccccc4-5)ccc23)cc1. The van der Waals surface area contributed by atoms with Gasteiger partial charge in [-0.05, 0) is 112 Å². The minimum atomic E-state index is -0.363. The van der Waals surface area contributed by atoms with Crippen molar-refractivity contribution in [3.8, 4) is 55.6 Å². The van der Waals surface area contributed by atoms with Gasteiger partial charge in [0.05, 0.1) is 5.41 Å². The molecular formula is C51H32. The van der Waals surface area contributed by atoms with Crippen molar-refractivity contribution >= 4 is 21.5 Å². The fourth-order valence-electron chi connectivity index (χ4n) is 9.46. The quantitative estimate of drug-likeness (QED) is 0.168.